The van der Waals surface area contributed by atoms with Crippen molar-refractivity contribution in [1.82, 2.24) is 0 Å². The summed E-state index contributed by atoms with van der Waals surface area (Å²) in [5.41, 5.74) is -10.8. The molecule has 2 spiro atoms. The Bertz CT molecular complexity index is 2150. The number of fused-ring (bicyclic) bond motifs is 6. The van der Waals surface area contributed by atoms with E-state index < -0.39 is 175 Å². The Morgan fingerprint density at radius 2 is 1.02 bits per heavy atom. The summed E-state index contributed by atoms with van der Waals surface area (Å²) in [6.07, 6.45) is -11.2. The van der Waals surface area contributed by atoms with Crippen molar-refractivity contribution in [1.29, 1.82) is 0 Å². The number of Topliss-reactive ketones (excluding diaryl/α,β-unsaturated/α-hetero) is 4. The van der Waals surface area contributed by atoms with Gasteiger partial charge in [-0.3, -0.25) is 38.4 Å². The highest BCUT2D eigenvalue weighted by atomic mass is 16.6. The molecule has 0 heterocycles. The van der Waals surface area contributed by atoms with Gasteiger partial charge in [0.05, 0.1) is 35.1 Å². The molecule has 0 aliphatic heterocycles. The summed E-state index contributed by atoms with van der Waals surface area (Å²) < 4.78 is 30.0. The predicted molar refractivity (Wildman–Crippen MR) is 226 cm³/mol. The minimum atomic E-state index is -1.97. The number of hydrogen-bond donors (Lipinski definition) is 4. The summed E-state index contributed by atoms with van der Waals surface area (Å²) >= 11 is 0. The topological polar surface area (TPSA) is 264 Å². The van der Waals surface area contributed by atoms with Crippen LogP contribution >= 0.6 is 0 Å². The van der Waals surface area contributed by atoms with Crippen LogP contribution in [0.15, 0.2) is 0 Å². The molecule has 17 nitrogen and oxygen atoms in total. The molecule has 4 bridgehead atoms. The molecule has 8 fully saturated rings. The third-order valence-corrected chi connectivity index (χ3v) is 19.5. The molecule has 0 unspecified atom stereocenters. The van der Waals surface area contributed by atoms with Crippen molar-refractivity contribution in [3.63, 3.8) is 0 Å². The van der Waals surface area contributed by atoms with Gasteiger partial charge in [-0.05, 0) is 43.9 Å². The van der Waals surface area contributed by atoms with Crippen molar-refractivity contribution >= 4 is 47.0 Å². The molecule has 0 aromatic rings. The number of carbonyl (C=O) groups is 8. The van der Waals surface area contributed by atoms with E-state index in [0.717, 1.165) is 0 Å². The van der Waals surface area contributed by atoms with Crippen LogP contribution in [-0.2, 0) is 62.0 Å². The molecule has 8 saturated carbocycles. The normalized spacial score (nSPS) is 49.4. The first kappa shape index (κ1) is 48.8. The summed E-state index contributed by atoms with van der Waals surface area (Å²) in [7, 11) is 1.39. The number of methoxy groups -OCH3 is 1. The minimum absolute atomic E-state index is 0.0256. The molecule has 0 radical (unpaired) electrons. The van der Waals surface area contributed by atoms with Gasteiger partial charge in [-0.15, -0.1) is 0 Å². The summed E-state index contributed by atoms with van der Waals surface area (Å²) in [5.74, 6) is -12.4. The number of aliphatic hydroxyl groups excluding tert-OH is 4. The quantitative estimate of drug-likeness (QED) is 0.201. The van der Waals surface area contributed by atoms with Gasteiger partial charge in [-0.25, -0.2) is 0 Å². The zero-order valence-corrected chi connectivity index (χ0v) is 39.9. The summed E-state index contributed by atoms with van der Waals surface area (Å²) in [6.45, 7) is 14.7. The molecule has 366 valence electrons. The Kier molecular flexibility index (Phi) is 11.4. The van der Waals surface area contributed by atoms with Gasteiger partial charge in [0.15, 0.2) is 17.3 Å². The number of ether oxygens (including phenoxy) is 5. The molecule has 8 aliphatic rings. The zero-order chi connectivity index (χ0) is 49.0. The second-order valence-corrected chi connectivity index (χ2v) is 23.3. The highest BCUT2D eigenvalue weighted by molar-refractivity contribution is 6.04. The van der Waals surface area contributed by atoms with E-state index in [9.17, 15) is 44.4 Å². The van der Waals surface area contributed by atoms with Gasteiger partial charge in [0, 0.05) is 98.9 Å². The first-order valence-electron chi connectivity index (χ1n) is 23.6. The minimum Gasteiger partial charge on any atom is -0.462 e. The molecular weight excluding hydrogens is 861 g/mol. The molecular formula is C49H68O17. The molecule has 66 heavy (non-hydrogen) atoms. The van der Waals surface area contributed by atoms with E-state index in [0.29, 0.717) is 0 Å². The molecule has 4 N–H and O–H groups in total. The van der Waals surface area contributed by atoms with Crippen LogP contribution in [0.3, 0.4) is 0 Å². The molecule has 17 heteroatoms. The Hall–Kier alpha value is -3.64. The van der Waals surface area contributed by atoms with Crippen molar-refractivity contribution < 1.29 is 82.5 Å². The summed E-state index contributed by atoms with van der Waals surface area (Å²) in [4.78, 5) is 114. The number of rotatable bonds is 8. The summed E-state index contributed by atoms with van der Waals surface area (Å²) in [5, 5.41) is 48.1. The number of carbonyl (C=O) groups excluding carboxylic acids is 8. The van der Waals surface area contributed by atoms with Crippen LogP contribution in [0.4, 0.5) is 0 Å². The maximum absolute atomic E-state index is 16.2. The lowest BCUT2D eigenvalue weighted by Gasteiger charge is -2.66. The standard InChI is InChI=1S/C49H68O17/c1-20(50)63-27-12-24-16-48(35(27)45(9)31(65-22(3)52)14-29(54)43(5,6)37(45)33(56)40(48)59)39(58)26(24)18-47(19-62-11)25-13-28(64-21(2)51)36-46(10)32(66-23(4)53)15-30(55)44(7,8)38(46)34(57)41(60)49(36,17-25)42(47)61/h24-32,35-38,40-41,54-55,59-60H,12-19H2,1-11H3/t24-,25-,26+,27+,28+,29+,30+,31+,32+,35+,36+,37-,38-,40+,41+,45+,46+,47-,48+,49-/m1/s1. The number of hydrogen-bond acceptors (Lipinski definition) is 17. The third-order valence-electron chi connectivity index (χ3n) is 19.5. The monoisotopic (exact) mass is 928 g/mol. The zero-order valence-electron chi connectivity index (χ0n) is 39.9. The van der Waals surface area contributed by atoms with Crippen LogP contribution in [-0.4, -0.2) is 130 Å². The predicted octanol–water partition coefficient (Wildman–Crippen LogP) is 2.26. The van der Waals surface area contributed by atoms with Crippen LogP contribution in [0.5, 0.6) is 0 Å². The van der Waals surface area contributed by atoms with Crippen LogP contribution < -0.4 is 0 Å². The molecule has 20 atom stereocenters. The lowest BCUT2D eigenvalue weighted by Crippen LogP contribution is -2.75. The first-order chi connectivity index (χ1) is 30.5. The van der Waals surface area contributed by atoms with Crippen LogP contribution in [0.25, 0.3) is 0 Å². The van der Waals surface area contributed by atoms with Gasteiger partial charge >= 0.3 is 23.9 Å². The largest absolute Gasteiger partial charge is 0.462 e. The Labute approximate surface area is 384 Å². The fourth-order valence-electron chi connectivity index (χ4n) is 17.6. The van der Waals surface area contributed by atoms with E-state index in [-0.39, 0.29) is 51.6 Å². The van der Waals surface area contributed by atoms with Crippen molar-refractivity contribution in [3.8, 4) is 0 Å². The highest BCUT2D eigenvalue weighted by Gasteiger charge is 2.84. The molecule has 8 rings (SSSR count). The second-order valence-electron chi connectivity index (χ2n) is 23.3. The van der Waals surface area contributed by atoms with Crippen LogP contribution in [0.2, 0.25) is 0 Å². The van der Waals surface area contributed by atoms with Crippen molar-refractivity contribution in [2.75, 3.05) is 13.7 Å². The van der Waals surface area contributed by atoms with Gasteiger partial charge in [-0.1, -0.05) is 41.5 Å². The van der Waals surface area contributed by atoms with Gasteiger partial charge in [0.2, 0.25) is 0 Å². The molecule has 8 aliphatic carbocycles. The molecule has 0 amide bonds. The number of ketones is 4. The SMILES string of the molecule is COC[C@@]1(C[C@@H]2C(=O)[C@]34C[C@H]2C[C@H](OC(C)=O)[C@H]3[C@]2(C)[C@@H](OC(C)=O)C[C@H](O)C(C)(C)[C@H]2C(=O)[C@@H]4O)C(=O)[C@]23C[C@H]1C[C@H](OC(C)=O)[C@H]2[C@]1(C)[C@@H](OC(C)=O)C[C@H](O)C(C)(C)[C@H]1C(=O)[C@@H]3O. The second kappa shape index (κ2) is 15.4. The Morgan fingerprint density at radius 1 is 0.591 bits per heavy atom. The maximum atomic E-state index is 16.2. The molecule has 0 aromatic carbocycles. The lowest BCUT2D eigenvalue weighted by atomic mass is 9.38. The van der Waals surface area contributed by atoms with E-state index in [1.165, 1.54) is 34.8 Å². The number of esters is 4. The van der Waals surface area contributed by atoms with Crippen molar-refractivity contribution in [2.45, 2.75) is 163 Å². The molecule has 0 aromatic heterocycles. The van der Waals surface area contributed by atoms with Gasteiger partial charge in [0.1, 0.15) is 42.4 Å². The van der Waals surface area contributed by atoms with Crippen molar-refractivity contribution in [2.24, 2.45) is 79.3 Å². The van der Waals surface area contributed by atoms with E-state index >= 15 is 14.4 Å². The number of aliphatic hydroxyl groups is 4. The van der Waals surface area contributed by atoms with Crippen LogP contribution in [0, 0.1) is 79.3 Å². The van der Waals surface area contributed by atoms with E-state index in [1.54, 1.807) is 41.5 Å². The Balaban J connectivity index is 1.29. The smallest absolute Gasteiger partial charge is 0.302 e. The van der Waals surface area contributed by atoms with Gasteiger partial charge in [0.25, 0.3) is 0 Å². The third kappa shape index (κ3) is 6.06. The first-order valence-corrected chi connectivity index (χ1v) is 23.6. The average Bonchev–Trinajstić information content (AvgIpc) is 3.50. The Morgan fingerprint density at radius 3 is 1.45 bits per heavy atom. The van der Waals surface area contributed by atoms with Crippen molar-refractivity contribution in [3.05, 3.63) is 0 Å². The fraction of sp³-hybridized carbons (Fsp3) is 0.837. The van der Waals surface area contributed by atoms with Crippen LogP contribution in [0.1, 0.15) is 114 Å². The van der Waals surface area contributed by atoms with E-state index in [4.69, 9.17) is 23.7 Å². The maximum Gasteiger partial charge on any atom is 0.302 e. The van der Waals surface area contributed by atoms with E-state index in [1.807, 2.05) is 0 Å². The average molecular weight is 929 g/mol. The molecule has 0 saturated heterocycles. The summed E-state index contributed by atoms with van der Waals surface area (Å²) in [6, 6.07) is 0. The lowest BCUT2D eigenvalue weighted by molar-refractivity contribution is -0.261. The van der Waals surface area contributed by atoms with Gasteiger partial charge in [-0.2, -0.15) is 0 Å². The van der Waals surface area contributed by atoms with Gasteiger partial charge < -0.3 is 44.1 Å². The highest BCUT2D eigenvalue weighted by Crippen LogP contribution is 2.76. The fourth-order valence-corrected chi connectivity index (χ4v) is 17.6. The van der Waals surface area contributed by atoms with E-state index in [2.05, 4.69) is 0 Å².